The molecule has 0 saturated carbocycles. The van der Waals surface area contributed by atoms with E-state index in [4.69, 9.17) is 27.9 Å². The molecule has 2 rings (SSSR count). The van der Waals surface area contributed by atoms with Crippen LogP contribution in [0.15, 0.2) is 18.2 Å². The summed E-state index contributed by atoms with van der Waals surface area (Å²) in [6, 6.07) is 5.00. The minimum atomic E-state index is -0.532. The van der Waals surface area contributed by atoms with E-state index in [2.05, 4.69) is 5.32 Å². The molecule has 0 radical (unpaired) electrons. The van der Waals surface area contributed by atoms with Crippen molar-refractivity contribution in [3.05, 3.63) is 28.2 Å². The van der Waals surface area contributed by atoms with E-state index in [1.165, 1.54) is 0 Å². The molecule has 1 aliphatic heterocycles. The fourth-order valence-corrected chi connectivity index (χ4v) is 2.84. The van der Waals surface area contributed by atoms with E-state index in [9.17, 15) is 4.79 Å². The molecule has 1 aromatic carbocycles. The molecule has 1 heterocycles. The monoisotopic (exact) mass is 366 g/mol. The molecule has 1 aliphatic rings. The summed E-state index contributed by atoms with van der Waals surface area (Å²) in [5.74, 6) is 1.09. The number of nitrogens with zero attached hydrogens (tertiary/aromatic N) is 1. The van der Waals surface area contributed by atoms with Gasteiger partial charge in [0, 0.05) is 19.2 Å². The number of hydrogen-bond donors (Lipinski definition) is 1. The van der Waals surface area contributed by atoms with Gasteiger partial charge in [-0.05, 0) is 45.0 Å². The topological polar surface area (TPSA) is 41.6 Å². The van der Waals surface area contributed by atoms with Crippen molar-refractivity contribution in [1.82, 2.24) is 10.2 Å². The zero-order valence-electron chi connectivity index (χ0n) is 12.6. The van der Waals surface area contributed by atoms with E-state index in [0.29, 0.717) is 21.7 Å². The number of rotatable bonds is 5. The van der Waals surface area contributed by atoms with Crippen molar-refractivity contribution in [3.8, 4) is 5.75 Å². The summed E-state index contributed by atoms with van der Waals surface area (Å²) >= 11 is 11.8. The van der Waals surface area contributed by atoms with Gasteiger partial charge in [0.25, 0.3) is 5.91 Å². The Hall–Kier alpha value is -0.680. The number of nitrogens with one attached hydrogen (secondary N) is 1. The lowest BCUT2D eigenvalue weighted by Gasteiger charge is -2.22. The van der Waals surface area contributed by atoms with Crippen LogP contribution in [0.3, 0.4) is 0 Å². The van der Waals surface area contributed by atoms with Gasteiger partial charge in [-0.2, -0.15) is 0 Å². The number of carbonyl (C=O) groups excluding carboxylic acids is 1. The van der Waals surface area contributed by atoms with Gasteiger partial charge in [-0.15, -0.1) is 12.4 Å². The van der Waals surface area contributed by atoms with Gasteiger partial charge in [0.2, 0.25) is 0 Å². The fraction of sp³-hybridized carbons (Fsp3) is 0.533. The summed E-state index contributed by atoms with van der Waals surface area (Å²) in [7, 11) is 1.93. The Labute approximate surface area is 147 Å². The number of carbonyl (C=O) groups is 1. The molecule has 4 nitrogen and oxygen atoms in total. The second-order valence-corrected chi connectivity index (χ2v) is 6.15. The molecule has 22 heavy (non-hydrogen) atoms. The molecule has 1 fully saturated rings. The summed E-state index contributed by atoms with van der Waals surface area (Å²) in [4.78, 5) is 14.2. The van der Waals surface area contributed by atoms with Crippen molar-refractivity contribution >= 4 is 41.5 Å². The Balaban J connectivity index is 0.00000242. The maximum atomic E-state index is 12.4. The van der Waals surface area contributed by atoms with Crippen molar-refractivity contribution in [2.75, 3.05) is 26.7 Å². The third-order valence-electron chi connectivity index (χ3n) is 3.64. The van der Waals surface area contributed by atoms with E-state index < -0.39 is 6.10 Å². The van der Waals surface area contributed by atoms with E-state index in [1.807, 2.05) is 11.9 Å². The fourth-order valence-electron chi connectivity index (χ4n) is 2.55. The van der Waals surface area contributed by atoms with Crippen molar-refractivity contribution in [1.29, 1.82) is 0 Å². The second kappa shape index (κ2) is 8.82. The number of hydrogen-bond acceptors (Lipinski definition) is 3. The highest BCUT2D eigenvalue weighted by atomic mass is 35.5. The van der Waals surface area contributed by atoms with Gasteiger partial charge < -0.3 is 15.0 Å². The lowest BCUT2D eigenvalue weighted by atomic mass is 10.1. The Morgan fingerprint density at radius 2 is 2.18 bits per heavy atom. The molecule has 2 atom stereocenters. The SMILES string of the molecule is CNCC1CCN(C(=O)C(C)Oc2ccc(Cl)c(Cl)c2)C1.Cl. The molecule has 0 spiro atoms. The molecular weight excluding hydrogens is 347 g/mol. The molecule has 2 unspecified atom stereocenters. The second-order valence-electron chi connectivity index (χ2n) is 5.33. The van der Waals surface area contributed by atoms with Crippen LogP contribution in [0, 0.1) is 5.92 Å². The molecule has 1 saturated heterocycles. The quantitative estimate of drug-likeness (QED) is 0.868. The zero-order chi connectivity index (χ0) is 15.4. The van der Waals surface area contributed by atoms with Crippen molar-refractivity contribution < 1.29 is 9.53 Å². The standard InChI is InChI=1S/C15H20Cl2N2O2.ClH/c1-10(21-12-3-4-13(16)14(17)7-12)15(20)19-6-5-11(9-19)8-18-2;/h3-4,7,10-11,18H,5-6,8-9H2,1-2H3;1H. The maximum Gasteiger partial charge on any atom is 0.263 e. The lowest BCUT2D eigenvalue weighted by Crippen LogP contribution is -2.39. The predicted octanol–water partition coefficient (Wildman–Crippen LogP) is 3.25. The van der Waals surface area contributed by atoms with Crippen LogP contribution in [0.2, 0.25) is 10.0 Å². The van der Waals surface area contributed by atoms with E-state index in [-0.39, 0.29) is 18.3 Å². The summed E-state index contributed by atoms with van der Waals surface area (Å²) in [6.45, 7) is 4.27. The number of likely N-dealkylation sites (tertiary alicyclic amines) is 1. The molecular formula is C15H21Cl3N2O2. The maximum absolute atomic E-state index is 12.4. The minimum Gasteiger partial charge on any atom is -0.481 e. The molecule has 1 aromatic rings. The molecule has 124 valence electrons. The molecule has 0 bridgehead atoms. The molecule has 0 aromatic heterocycles. The largest absolute Gasteiger partial charge is 0.481 e. The number of benzene rings is 1. The first-order chi connectivity index (χ1) is 10.0. The normalized spacial score (nSPS) is 18.7. The minimum absolute atomic E-state index is 0. The lowest BCUT2D eigenvalue weighted by molar-refractivity contribution is -0.137. The Morgan fingerprint density at radius 3 is 2.82 bits per heavy atom. The van der Waals surface area contributed by atoms with Gasteiger partial charge in [0.15, 0.2) is 6.10 Å². The number of amides is 1. The first-order valence-electron chi connectivity index (χ1n) is 7.06. The van der Waals surface area contributed by atoms with Gasteiger partial charge in [0.1, 0.15) is 5.75 Å². The zero-order valence-corrected chi connectivity index (χ0v) is 15.0. The van der Waals surface area contributed by atoms with Crippen LogP contribution >= 0.6 is 35.6 Å². The summed E-state index contributed by atoms with van der Waals surface area (Å²) < 4.78 is 5.67. The predicted molar refractivity (Wildman–Crippen MR) is 92.4 cm³/mol. The van der Waals surface area contributed by atoms with Gasteiger partial charge in [-0.3, -0.25) is 4.79 Å². The summed E-state index contributed by atoms with van der Waals surface area (Å²) in [5.41, 5.74) is 0. The third-order valence-corrected chi connectivity index (χ3v) is 4.38. The van der Waals surface area contributed by atoms with Crippen LogP contribution in [0.25, 0.3) is 0 Å². The highest BCUT2D eigenvalue weighted by Gasteiger charge is 2.29. The van der Waals surface area contributed by atoms with Crippen molar-refractivity contribution in [2.24, 2.45) is 5.92 Å². The number of ether oxygens (including phenoxy) is 1. The van der Waals surface area contributed by atoms with Crippen LogP contribution in [0.5, 0.6) is 5.75 Å². The van der Waals surface area contributed by atoms with Crippen LogP contribution < -0.4 is 10.1 Å². The van der Waals surface area contributed by atoms with Crippen molar-refractivity contribution in [3.63, 3.8) is 0 Å². The first kappa shape index (κ1) is 19.4. The van der Waals surface area contributed by atoms with Gasteiger partial charge >= 0.3 is 0 Å². The summed E-state index contributed by atoms with van der Waals surface area (Å²) in [6.07, 6.45) is 0.502. The average Bonchev–Trinajstić information content (AvgIpc) is 2.91. The highest BCUT2D eigenvalue weighted by molar-refractivity contribution is 6.42. The van der Waals surface area contributed by atoms with Gasteiger partial charge in [0.05, 0.1) is 10.0 Å². The Bertz CT molecular complexity index is 514. The van der Waals surface area contributed by atoms with Crippen LogP contribution in [-0.4, -0.2) is 43.6 Å². The smallest absolute Gasteiger partial charge is 0.263 e. The average molecular weight is 368 g/mol. The third kappa shape index (κ3) is 4.92. The van der Waals surface area contributed by atoms with E-state index >= 15 is 0 Å². The van der Waals surface area contributed by atoms with Gasteiger partial charge in [-0.1, -0.05) is 23.2 Å². The summed E-state index contributed by atoms with van der Waals surface area (Å²) in [5, 5.41) is 4.04. The number of halogens is 3. The van der Waals surface area contributed by atoms with E-state index in [1.54, 1.807) is 25.1 Å². The van der Waals surface area contributed by atoms with Gasteiger partial charge in [-0.25, -0.2) is 0 Å². The Kier molecular flexibility index (Phi) is 7.77. The molecule has 1 N–H and O–H groups in total. The Morgan fingerprint density at radius 1 is 1.45 bits per heavy atom. The van der Waals surface area contributed by atoms with Crippen LogP contribution in [-0.2, 0) is 4.79 Å². The molecule has 1 amide bonds. The molecule has 7 heteroatoms. The van der Waals surface area contributed by atoms with Crippen LogP contribution in [0.1, 0.15) is 13.3 Å². The highest BCUT2D eigenvalue weighted by Crippen LogP contribution is 2.27. The van der Waals surface area contributed by atoms with E-state index in [0.717, 1.165) is 26.1 Å². The van der Waals surface area contributed by atoms with Crippen molar-refractivity contribution in [2.45, 2.75) is 19.4 Å². The molecule has 0 aliphatic carbocycles. The first-order valence-corrected chi connectivity index (χ1v) is 7.82. The van der Waals surface area contributed by atoms with Crippen LogP contribution in [0.4, 0.5) is 0 Å².